The van der Waals surface area contributed by atoms with Gasteiger partial charge in [0, 0.05) is 5.56 Å². The number of rotatable bonds is 2. The second-order valence-electron chi connectivity index (χ2n) is 3.90. The second-order valence-corrected chi connectivity index (χ2v) is 3.90. The molecule has 0 fully saturated rings. The highest BCUT2D eigenvalue weighted by Crippen LogP contribution is 2.22. The second kappa shape index (κ2) is 4.29. The van der Waals surface area contributed by atoms with Crippen LogP contribution in [0.25, 0.3) is 0 Å². The van der Waals surface area contributed by atoms with Crippen LogP contribution in [0.15, 0.2) is 42.5 Å². The van der Waals surface area contributed by atoms with Gasteiger partial charge in [-0.2, -0.15) is 0 Å². The number of hydrogen-bond donors (Lipinski definition) is 2. The van der Waals surface area contributed by atoms with Gasteiger partial charge < -0.3 is 10.2 Å². The largest absolute Gasteiger partial charge is 0.508 e. The molecule has 0 amide bonds. The monoisotopic (exact) mass is 228 g/mol. The Morgan fingerprint density at radius 2 is 1.65 bits per heavy atom. The molecular formula is C14H12O3. The fourth-order valence-electron chi connectivity index (χ4n) is 1.60. The van der Waals surface area contributed by atoms with Crippen molar-refractivity contribution in [3.8, 4) is 11.5 Å². The average Bonchev–Trinajstić information content (AvgIpc) is 2.29. The lowest BCUT2D eigenvalue weighted by Gasteiger charge is -2.05. The molecular weight excluding hydrogens is 216 g/mol. The highest BCUT2D eigenvalue weighted by Gasteiger charge is 2.13. The quantitative estimate of drug-likeness (QED) is 0.777. The summed E-state index contributed by atoms with van der Waals surface area (Å²) < 4.78 is 0. The van der Waals surface area contributed by atoms with E-state index in [1.165, 1.54) is 24.3 Å². The van der Waals surface area contributed by atoms with E-state index in [1.54, 1.807) is 18.2 Å². The van der Waals surface area contributed by atoms with Crippen molar-refractivity contribution in [2.75, 3.05) is 0 Å². The number of phenols is 2. The first-order valence-corrected chi connectivity index (χ1v) is 5.21. The number of benzene rings is 2. The van der Waals surface area contributed by atoms with E-state index in [2.05, 4.69) is 0 Å². The first-order valence-electron chi connectivity index (χ1n) is 5.21. The Balaban J connectivity index is 2.40. The molecule has 0 aliphatic heterocycles. The Kier molecular flexibility index (Phi) is 2.83. The molecule has 0 unspecified atom stereocenters. The lowest BCUT2D eigenvalue weighted by molar-refractivity contribution is 0.103. The summed E-state index contributed by atoms with van der Waals surface area (Å²) in [4.78, 5) is 12.0. The summed E-state index contributed by atoms with van der Waals surface area (Å²) in [5.74, 6) is -0.180. The number of aromatic hydroxyl groups is 2. The van der Waals surface area contributed by atoms with Crippen LogP contribution in [-0.2, 0) is 0 Å². The molecule has 86 valence electrons. The van der Waals surface area contributed by atoms with Gasteiger partial charge in [-0.05, 0) is 48.9 Å². The van der Waals surface area contributed by atoms with Crippen LogP contribution in [0.1, 0.15) is 21.5 Å². The lowest BCUT2D eigenvalue weighted by Crippen LogP contribution is -2.01. The van der Waals surface area contributed by atoms with Crippen molar-refractivity contribution in [2.24, 2.45) is 0 Å². The van der Waals surface area contributed by atoms with Gasteiger partial charge >= 0.3 is 0 Å². The van der Waals surface area contributed by atoms with E-state index < -0.39 is 0 Å². The highest BCUT2D eigenvalue weighted by atomic mass is 16.3. The van der Waals surface area contributed by atoms with Crippen LogP contribution in [0, 0.1) is 6.92 Å². The van der Waals surface area contributed by atoms with Gasteiger partial charge in [0.25, 0.3) is 0 Å². The summed E-state index contributed by atoms with van der Waals surface area (Å²) in [6.45, 7) is 1.84. The maximum absolute atomic E-state index is 12.0. The molecule has 2 rings (SSSR count). The van der Waals surface area contributed by atoms with E-state index in [9.17, 15) is 9.90 Å². The highest BCUT2D eigenvalue weighted by molar-refractivity contribution is 6.10. The Morgan fingerprint density at radius 3 is 2.24 bits per heavy atom. The SMILES string of the molecule is Cc1ccc(C(=O)c2ccc(O)cc2)c(O)c1. The zero-order valence-corrected chi connectivity index (χ0v) is 9.34. The van der Waals surface area contributed by atoms with Gasteiger partial charge in [-0.25, -0.2) is 0 Å². The molecule has 0 aromatic heterocycles. The van der Waals surface area contributed by atoms with Gasteiger partial charge in [-0.3, -0.25) is 4.79 Å². The van der Waals surface area contributed by atoms with E-state index in [0.717, 1.165) is 5.56 Å². The van der Waals surface area contributed by atoms with Crippen molar-refractivity contribution in [3.05, 3.63) is 59.2 Å². The Labute approximate surface area is 99.0 Å². The summed E-state index contributed by atoms with van der Waals surface area (Å²) in [6, 6.07) is 10.9. The van der Waals surface area contributed by atoms with Crippen molar-refractivity contribution in [2.45, 2.75) is 6.92 Å². The minimum atomic E-state index is -0.262. The minimum Gasteiger partial charge on any atom is -0.508 e. The number of phenolic OH excluding ortho intramolecular Hbond substituents is 2. The van der Waals surface area contributed by atoms with Gasteiger partial charge in [-0.1, -0.05) is 6.07 Å². The first-order chi connectivity index (χ1) is 8.08. The van der Waals surface area contributed by atoms with Crippen LogP contribution in [-0.4, -0.2) is 16.0 Å². The van der Waals surface area contributed by atoms with Crippen LogP contribution in [0.5, 0.6) is 11.5 Å². The summed E-state index contributed by atoms with van der Waals surface area (Å²) in [5.41, 5.74) is 1.59. The van der Waals surface area contributed by atoms with Gasteiger partial charge in [0.05, 0.1) is 5.56 Å². The van der Waals surface area contributed by atoms with Crippen LogP contribution >= 0.6 is 0 Å². The summed E-state index contributed by atoms with van der Waals surface area (Å²) in [6.07, 6.45) is 0. The molecule has 0 aliphatic carbocycles. The predicted octanol–water partition coefficient (Wildman–Crippen LogP) is 2.64. The van der Waals surface area contributed by atoms with Crippen molar-refractivity contribution in [3.63, 3.8) is 0 Å². The van der Waals surface area contributed by atoms with Gasteiger partial charge in [-0.15, -0.1) is 0 Å². The third-order valence-electron chi connectivity index (χ3n) is 2.53. The number of carbonyl (C=O) groups excluding carboxylic acids is 1. The average molecular weight is 228 g/mol. The Bertz CT molecular complexity index is 556. The van der Waals surface area contributed by atoms with Gasteiger partial charge in [0.2, 0.25) is 0 Å². The molecule has 0 saturated heterocycles. The molecule has 2 aromatic rings. The van der Waals surface area contributed by atoms with Gasteiger partial charge in [0.1, 0.15) is 11.5 Å². The molecule has 0 atom stereocenters. The maximum atomic E-state index is 12.0. The van der Waals surface area contributed by atoms with E-state index >= 15 is 0 Å². The van der Waals surface area contributed by atoms with Crippen molar-refractivity contribution >= 4 is 5.78 Å². The third kappa shape index (κ3) is 2.28. The van der Waals surface area contributed by atoms with E-state index in [0.29, 0.717) is 5.56 Å². The summed E-state index contributed by atoms with van der Waals surface area (Å²) in [5, 5.41) is 18.8. The maximum Gasteiger partial charge on any atom is 0.196 e. The third-order valence-corrected chi connectivity index (χ3v) is 2.53. The van der Waals surface area contributed by atoms with E-state index in [1.807, 2.05) is 6.92 Å². The molecule has 0 radical (unpaired) electrons. The van der Waals surface area contributed by atoms with Crippen molar-refractivity contribution < 1.29 is 15.0 Å². The van der Waals surface area contributed by atoms with Gasteiger partial charge in [0.15, 0.2) is 5.78 Å². The number of carbonyl (C=O) groups is 1. The Morgan fingerprint density at radius 1 is 1.00 bits per heavy atom. The van der Waals surface area contributed by atoms with Crippen molar-refractivity contribution in [1.82, 2.24) is 0 Å². The predicted molar refractivity (Wildman–Crippen MR) is 64.4 cm³/mol. The zero-order chi connectivity index (χ0) is 12.4. The Hall–Kier alpha value is -2.29. The molecule has 0 bridgehead atoms. The minimum absolute atomic E-state index is 0.0249. The molecule has 2 N–H and O–H groups in total. The van der Waals surface area contributed by atoms with Crippen LogP contribution in [0.3, 0.4) is 0 Å². The fourth-order valence-corrected chi connectivity index (χ4v) is 1.60. The molecule has 0 aliphatic rings. The zero-order valence-electron chi connectivity index (χ0n) is 9.34. The smallest absolute Gasteiger partial charge is 0.196 e. The molecule has 0 saturated carbocycles. The number of aryl methyl sites for hydroxylation is 1. The molecule has 0 heterocycles. The van der Waals surface area contributed by atoms with E-state index in [-0.39, 0.29) is 22.8 Å². The van der Waals surface area contributed by atoms with Crippen LogP contribution in [0.4, 0.5) is 0 Å². The standard InChI is InChI=1S/C14H12O3/c1-9-2-7-12(13(16)8-9)14(17)10-3-5-11(15)6-4-10/h2-8,15-16H,1H3. The van der Waals surface area contributed by atoms with Crippen molar-refractivity contribution in [1.29, 1.82) is 0 Å². The van der Waals surface area contributed by atoms with Crippen LogP contribution < -0.4 is 0 Å². The molecule has 2 aromatic carbocycles. The first kappa shape index (κ1) is 11.2. The van der Waals surface area contributed by atoms with E-state index in [4.69, 9.17) is 5.11 Å². The molecule has 0 spiro atoms. The number of ketones is 1. The number of hydrogen-bond acceptors (Lipinski definition) is 3. The normalized spacial score (nSPS) is 10.2. The van der Waals surface area contributed by atoms with Crippen LogP contribution in [0.2, 0.25) is 0 Å². The molecule has 3 heteroatoms. The molecule has 3 nitrogen and oxygen atoms in total. The summed E-state index contributed by atoms with van der Waals surface area (Å²) >= 11 is 0. The fraction of sp³-hybridized carbons (Fsp3) is 0.0714. The lowest BCUT2D eigenvalue weighted by atomic mass is 10.0. The summed E-state index contributed by atoms with van der Waals surface area (Å²) in [7, 11) is 0. The molecule has 17 heavy (non-hydrogen) atoms. The topological polar surface area (TPSA) is 57.5 Å².